The molecule has 9 heteroatoms. The molecule has 0 spiro atoms. The quantitative estimate of drug-likeness (QED) is 0.732. The van der Waals surface area contributed by atoms with Gasteiger partial charge in [-0.25, -0.2) is 13.2 Å². The van der Waals surface area contributed by atoms with Crippen LogP contribution in [0.3, 0.4) is 0 Å². The first-order valence-electron chi connectivity index (χ1n) is 9.22. The number of nitrogens with zero attached hydrogens (tertiary/aromatic N) is 5. The summed E-state index contributed by atoms with van der Waals surface area (Å²) in [5, 5.41) is 8.52. The van der Waals surface area contributed by atoms with Crippen LogP contribution in [0.25, 0.3) is 0 Å². The molecule has 1 aromatic heterocycles. The van der Waals surface area contributed by atoms with Gasteiger partial charge >= 0.3 is 0 Å². The number of hydrogen-bond donors (Lipinski definition) is 0. The molecule has 0 N–H and O–H groups in total. The molecule has 0 radical (unpaired) electrons. The smallest absolute Gasteiger partial charge is 0.257 e. The highest BCUT2D eigenvalue weighted by Gasteiger charge is 2.27. The van der Waals surface area contributed by atoms with Gasteiger partial charge in [0.05, 0.1) is 5.56 Å². The Kier molecular flexibility index (Phi) is 6.01. The lowest BCUT2D eigenvalue weighted by atomic mass is 10.1. The summed E-state index contributed by atoms with van der Waals surface area (Å²) in [6.45, 7) is 7.37. The Balaban J connectivity index is 1.64. The molecular weight excluding hydrogens is 371 g/mol. The van der Waals surface area contributed by atoms with Gasteiger partial charge < -0.3 is 14.7 Å². The number of benzene rings is 1. The van der Waals surface area contributed by atoms with E-state index in [0.717, 1.165) is 31.0 Å². The topological polar surface area (TPSA) is 52.6 Å². The summed E-state index contributed by atoms with van der Waals surface area (Å²) in [5.41, 5.74) is -0.462. The molecule has 28 heavy (non-hydrogen) atoms. The SMILES string of the molecule is CCN(CC)c1ccc(N2CCN(C(=O)c3ccc(F)c(F)c3F)CC2)nn1. The average Bonchev–Trinajstić information content (AvgIpc) is 2.73. The minimum Gasteiger partial charge on any atom is -0.356 e. The summed E-state index contributed by atoms with van der Waals surface area (Å²) in [7, 11) is 0. The van der Waals surface area contributed by atoms with Crippen molar-refractivity contribution in [1.29, 1.82) is 0 Å². The van der Waals surface area contributed by atoms with Crippen LogP contribution in [0.15, 0.2) is 24.3 Å². The Labute approximate surface area is 161 Å². The lowest BCUT2D eigenvalue weighted by molar-refractivity contribution is 0.0740. The van der Waals surface area contributed by atoms with Gasteiger partial charge in [0.15, 0.2) is 29.1 Å². The molecule has 0 unspecified atom stereocenters. The van der Waals surface area contributed by atoms with Crippen molar-refractivity contribution < 1.29 is 18.0 Å². The van der Waals surface area contributed by atoms with Gasteiger partial charge in [-0.2, -0.15) is 0 Å². The Morgan fingerprint density at radius 1 is 0.964 bits per heavy atom. The molecule has 0 aliphatic carbocycles. The Hall–Kier alpha value is -2.84. The van der Waals surface area contributed by atoms with Crippen LogP contribution in [0.4, 0.5) is 24.8 Å². The zero-order valence-corrected chi connectivity index (χ0v) is 15.8. The molecule has 1 saturated heterocycles. The summed E-state index contributed by atoms with van der Waals surface area (Å²) in [6.07, 6.45) is 0. The van der Waals surface area contributed by atoms with Crippen molar-refractivity contribution in [3.63, 3.8) is 0 Å². The van der Waals surface area contributed by atoms with Crippen molar-refractivity contribution in [1.82, 2.24) is 15.1 Å². The van der Waals surface area contributed by atoms with Gasteiger partial charge in [-0.15, -0.1) is 10.2 Å². The first-order valence-corrected chi connectivity index (χ1v) is 9.22. The van der Waals surface area contributed by atoms with Gasteiger partial charge in [0.1, 0.15) is 0 Å². The minimum absolute atomic E-state index is 0.316. The molecule has 150 valence electrons. The van der Waals surface area contributed by atoms with E-state index in [0.29, 0.717) is 32.0 Å². The number of carbonyl (C=O) groups is 1. The van der Waals surface area contributed by atoms with Gasteiger partial charge in [0.2, 0.25) is 0 Å². The molecule has 1 aliphatic heterocycles. The normalized spacial score (nSPS) is 14.3. The molecule has 1 aliphatic rings. The van der Waals surface area contributed by atoms with Crippen molar-refractivity contribution in [2.45, 2.75) is 13.8 Å². The van der Waals surface area contributed by atoms with Crippen molar-refractivity contribution in [2.75, 3.05) is 49.1 Å². The van der Waals surface area contributed by atoms with Crippen LogP contribution < -0.4 is 9.80 Å². The number of halogens is 3. The van der Waals surface area contributed by atoms with Gasteiger partial charge in [0.25, 0.3) is 5.91 Å². The van der Waals surface area contributed by atoms with Gasteiger partial charge in [-0.1, -0.05) is 0 Å². The van der Waals surface area contributed by atoms with E-state index < -0.39 is 28.9 Å². The zero-order valence-electron chi connectivity index (χ0n) is 15.8. The number of amides is 1. The van der Waals surface area contributed by atoms with Crippen LogP contribution in [0.1, 0.15) is 24.2 Å². The third-order valence-electron chi connectivity index (χ3n) is 4.88. The monoisotopic (exact) mass is 393 g/mol. The van der Waals surface area contributed by atoms with E-state index in [-0.39, 0.29) is 0 Å². The van der Waals surface area contributed by atoms with E-state index >= 15 is 0 Å². The van der Waals surface area contributed by atoms with E-state index in [1.807, 2.05) is 30.9 Å². The fourth-order valence-electron chi connectivity index (χ4n) is 3.20. The molecule has 1 fully saturated rings. The number of carbonyl (C=O) groups excluding carboxylic acids is 1. The molecular formula is C19H22F3N5O. The summed E-state index contributed by atoms with van der Waals surface area (Å²) < 4.78 is 40.3. The van der Waals surface area contributed by atoms with Crippen LogP contribution in [0.5, 0.6) is 0 Å². The molecule has 0 atom stereocenters. The lowest BCUT2D eigenvalue weighted by Gasteiger charge is -2.35. The zero-order chi connectivity index (χ0) is 20.3. The number of anilines is 2. The summed E-state index contributed by atoms with van der Waals surface area (Å²) >= 11 is 0. The predicted molar refractivity (Wildman–Crippen MR) is 100 cm³/mol. The van der Waals surface area contributed by atoms with E-state index in [4.69, 9.17) is 0 Å². The average molecular weight is 393 g/mol. The molecule has 1 aromatic carbocycles. The maximum absolute atomic E-state index is 13.9. The van der Waals surface area contributed by atoms with Crippen LogP contribution in [0, 0.1) is 17.5 Å². The van der Waals surface area contributed by atoms with Crippen LogP contribution in [0.2, 0.25) is 0 Å². The molecule has 0 saturated carbocycles. The largest absolute Gasteiger partial charge is 0.356 e. The van der Waals surface area contributed by atoms with Crippen molar-refractivity contribution in [2.24, 2.45) is 0 Å². The molecule has 3 rings (SSSR count). The van der Waals surface area contributed by atoms with Crippen LogP contribution in [-0.2, 0) is 0 Å². The van der Waals surface area contributed by atoms with E-state index in [2.05, 4.69) is 15.1 Å². The van der Waals surface area contributed by atoms with E-state index in [1.54, 1.807) is 0 Å². The number of rotatable bonds is 5. The number of piperazine rings is 1. The highest BCUT2D eigenvalue weighted by Crippen LogP contribution is 2.20. The number of hydrogen-bond acceptors (Lipinski definition) is 5. The fraction of sp³-hybridized carbons (Fsp3) is 0.421. The Morgan fingerprint density at radius 3 is 2.21 bits per heavy atom. The molecule has 2 heterocycles. The third-order valence-corrected chi connectivity index (χ3v) is 4.88. The summed E-state index contributed by atoms with van der Waals surface area (Å²) in [6, 6.07) is 5.52. The second-order valence-electron chi connectivity index (χ2n) is 6.42. The fourth-order valence-corrected chi connectivity index (χ4v) is 3.20. The lowest BCUT2D eigenvalue weighted by Crippen LogP contribution is -2.49. The predicted octanol–water partition coefficient (Wildman–Crippen LogP) is 2.70. The van der Waals surface area contributed by atoms with Crippen molar-refractivity contribution in [3.8, 4) is 0 Å². The van der Waals surface area contributed by atoms with E-state index in [9.17, 15) is 18.0 Å². The Bertz CT molecular complexity index is 834. The second kappa shape index (κ2) is 8.45. The van der Waals surface area contributed by atoms with Gasteiger partial charge in [-0.3, -0.25) is 4.79 Å². The van der Waals surface area contributed by atoms with Crippen molar-refractivity contribution >= 4 is 17.5 Å². The first kappa shape index (κ1) is 19.9. The standard InChI is InChI=1S/C19H22F3N5O/c1-3-25(4-2)15-7-8-16(24-23-15)26-9-11-27(12-10-26)19(28)13-5-6-14(20)18(22)17(13)21/h5-8H,3-4,9-12H2,1-2H3. The van der Waals surface area contributed by atoms with Crippen LogP contribution in [-0.4, -0.2) is 60.3 Å². The molecule has 6 nitrogen and oxygen atoms in total. The summed E-state index contributed by atoms with van der Waals surface area (Å²) in [5.74, 6) is -3.55. The maximum atomic E-state index is 13.9. The molecule has 1 amide bonds. The number of aromatic nitrogens is 2. The van der Waals surface area contributed by atoms with Gasteiger partial charge in [-0.05, 0) is 38.1 Å². The Morgan fingerprint density at radius 2 is 1.64 bits per heavy atom. The van der Waals surface area contributed by atoms with Gasteiger partial charge in [0, 0.05) is 39.3 Å². The van der Waals surface area contributed by atoms with Crippen LogP contribution >= 0.6 is 0 Å². The van der Waals surface area contributed by atoms with E-state index in [1.165, 1.54) is 4.90 Å². The summed E-state index contributed by atoms with van der Waals surface area (Å²) in [4.78, 5) is 17.9. The minimum atomic E-state index is -1.63. The highest BCUT2D eigenvalue weighted by atomic mass is 19.2. The second-order valence-corrected chi connectivity index (χ2v) is 6.42. The molecule has 0 bridgehead atoms. The molecule has 2 aromatic rings. The third kappa shape index (κ3) is 3.88. The highest BCUT2D eigenvalue weighted by molar-refractivity contribution is 5.94. The first-order chi connectivity index (χ1) is 13.5. The van der Waals surface area contributed by atoms with Crippen molar-refractivity contribution in [3.05, 3.63) is 47.3 Å². The maximum Gasteiger partial charge on any atom is 0.257 e.